The summed E-state index contributed by atoms with van der Waals surface area (Å²) in [6.45, 7) is 0. The second-order valence-electron chi connectivity index (χ2n) is 7.82. The highest BCUT2D eigenvalue weighted by atomic mass is 35.5. The van der Waals surface area contributed by atoms with Gasteiger partial charge < -0.3 is 20.5 Å². The van der Waals surface area contributed by atoms with Crippen molar-refractivity contribution in [2.45, 2.75) is 16.5 Å². The smallest absolute Gasteiger partial charge is 0.259 e. The zero-order chi connectivity index (χ0) is 24.6. The SMILES string of the molecule is COc1c(NC(O)C2C(c3cc(Cl)cc(Cl)c3)C2(Cl)Cl)cccc1C(=O)Nc1ccc(F)cc1. The summed E-state index contributed by atoms with van der Waals surface area (Å²) in [6, 6.07) is 15.2. The maximum atomic E-state index is 13.1. The molecule has 0 heterocycles. The summed E-state index contributed by atoms with van der Waals surface area (Å²) < 4.78 is 17.3. The van der Waals surface area contributed by atoms with E-state index in [1.165, 1.54) is 31.4 Å². The van der Waals surface area contributed by atoms with Crippen LogP contribution in [0.5, 0.6) is 5.75 Å². The van der Waals surface area contributed by atoms with E-state index >= 15 is 0 Å². The van der Waals surface area contributed by atoms with E-state index < -0.39 is 34.1 Å². The number of carbonyl (C=O) groups excluding carboxylic acids is 1. The van der Waals surface area contributed by atoms with Gasteiger partial charge in [-0.25, -0.2) is 4.39 Å². The predicted octanol–water partition coefficient (Wildman–Crippen LogP) is 6.71. The van der Waals surface area contributed by atoms with Gasteiger partial charge in [-0.15, -0.1) is 23.2 Å². The molecule has 3 unspecified atom stereocenters. The Kier molecular flexibility index (Phi) is 7.17. The summed E-state index contributed by atoms with van der Waals surface area (Å²) in [5.74, 6) is -1.69. The molecule has 3 atom stereocenters. The van der Waals surface area contributed by atoms with Crippen LogP contribution in [0.4, 0.5) is 15.8 Å². The highest BCUT2D eigenvalue weighted by Crippen LogP contribution is 2.66. The van der Waals surface area contributed by atoms with Crippen molar-refractivity contribution >= 4 is 63.7 Å². The topological polar surface area (TPSA) is 70.6 Å². The Balaban J connectivity index is 1.54. The van der Waals surface area contributed by atoms with Gasteiger partial charge >= 0.3 is 0 Å². The fraction of sp³-hybridized carbons (Fsp3) is 0.208. The number of amides is 1. The quantitative estimate of drug-likeness (QED) is 0.229. The van der Waals surface area contributed by atoms with E-state index in [0.717, 1.165) is 0 Å². The maximum Gasteiger partial charge on any atom is 0.259 e. The number of anilines is 2. The first kappa shape index (κ1) is 24.9. The first-order chi connectivity index (χ1) is 16.1. The molecule has 1 fully saturated rings. The van der Waals surface area contributed by atoms with Crippen LogP contribution in [0.3, 0.4) is 0 Å². The summed E-state index contributed by atoms with van der Waals surface area (Å²) in [7, 11) is 1.41. The standard InChI is InChI=1S/C24H19Cl4FN2O3/c1-34-21-17(22(32)30-16-7-5-15(29)6-8-16)3-2-4-18(21)31-23(33)20-19(24(20,27)28)12-9-13(25)11-14(26)10-12/h2-11,19-20,23,31,33H,1H3,(H,30,32). The van der Waals surface area contributed by atoms with E-state index in [1.807, 2.05) is 0 Å². The van der Waals surface area contributed by atoms with Crippen molar-refractivity contribution in [1.29, 1.82) is 0 Å². The monoisotopic (exact) mass is 542 g/mol. The number of halogens is 5. The Morgan fingerprint density at radius 1 is 1.09 bits per heavy atom. The van der Waals surface area contributed by atoms with E-state index in [2.05, 4.69) is 10.6 Å². The molecule has 5 nitrogen and oxygen atoms in total. The normalized spacial score (nSPS) is 19.3. The third-order valence-corrected chi connectivity index (χ3v) is 6.97. The lowest BCUT2D eigenvalue weighted by Crippen LogP contribution is -2.25. The minimum absolute atomic E-state index is 0.207. The third kappa shape index (κ3) is 5.07. The molecule has 0 saturated heterocycles. The molecule has 0 spiro atoms. The van der Waals surface area contributed by atoms with Crippen LogP contribution < -0.4 is 15.4 Å². The highest BCUT2D eigenvalue weighted by molar-refractivity contribution is 6.52. The number of methoxy groups -OCH3 is 1. The number of ether oxygens (including phenoxy) is 1. The molecule has 3 aromatic rings. The molecule has 0 bridgehead atoms. The van der Waals surface area contributed by atoms with Crippen LogP contribution in [0, 0.1) is 11.7 Å². The second kappa shape index (κ2) is 9.80. The van der Waals surface area contributed by atoms with Crippen molar-refractivity contribution in [3.05, 3.63) is 87.7 Å². The molecule has 10 heteroatoms. The Morgan fingerprint density at radius 3 is 2.35 bits per heavy atom. The molecule has 1 aliphatic carbocycles. The average Bonchev–Trinajstić information content (AvgIpc) is 3.36. The minimum atomic E-state index is -1.26. The molecule has 1 aliphatic rings. The summed E-state index contributed by atoms with van der Waals surface area (Å²) in [4.78, 5) is 12.8. The molecule has 1 saturated carbocycles. The van der Waals surface area contributed by atoms with Gasteiger partial charge in [0.05, 0.1) is 18.4 Å². The Morgan fingerprint density at radius 2 is 1.74 bits per heavy atom. The molecule has 0 aliphatic heterocycles. The lowest BCUT2D eigenvalue weighted by molar-refractivity contribution is 0.102. The number of hydrogen-bond acceptors (Lipinski definition) is 4. The van der Waals surface area contributed by atoms with Crippen LogP contribution in [-0.2, 0) is 0 Å². The first-order valence-electron chi connectivity index (χ1n) is 10.1. The van der Waals surface area contributed by atoms with Crippen molar-refractivity contribution in [2.75, 3.05) is 17.7 Å². The van der Waals surface area contributed by atoms with Gasteiger partial charge in [0.25, 0.3) is 5.91 Å². The highest BCUT2D eigenvalue weighted by Gasteiger charge is 2.67. The van der Waals surface area contributed by atoms with Crippen LogP contribution in [0.1, 0.15) is 21.8 Å². The van der Waals surface area contributed by atoms with Crippen molar-refractivity contribution in [1.82, 2.24) is 0 Å². The second-order valence-corrected chi connectivity index (χ2v) is 10.1. The predicted molar refractivity (Wildman–Crippen MR) is 134 cm³/mol. The summed E-state index contributed by atoms with van der Waals surface area (Å²) in [5.41, 5.74) is 1.69. The molecular formula is C24H19Cl4FN2O3. The molecular weight excluding hydrogens is 525 g/mol. The molecule has 0 radical (unpaired) electrons. The van der Waals surface area contributed by atoms with Gasteiger partial charge in [0.15, 0.2) is 5.75 Å². The van der Waals surface area contributed by atoms with E-state index in [9.17, 15) is 14.3 Å². The zero-order valence-corrected chi connectivity index (χ0v) is 20.7. The van der Waals surface area contributed by atoms with E-state index in [0.29, 0.717) is 27.0 Å². The molecule has 0 aromatic heterocycles. The molecule has 4 rings (SSSR count). The van der Waals surface area contributed by atoms with Gasteiger partial charge in [-0.2, -0.15) is 0 Å². The Bertz CT molecular complexity index is 1200. The van der Waals surface area contributed by atoms with Gasteiger partial charge in [0.1, 0.15) is 16.4 Å². The van der Waals surface area contributed by atoms with Gasteiger partial charge in [-0.05, 0) is 60.2 Å². The maximum absolute atomic E-state index is 13.1. The number of alkyl halides is 2. The minimum Gasteiger partial charge on any atom is -0.494 e. The zero-order valence-electron chi connectivity index (χ0n) is 17.7. The summed E-state index contributed by atoms with van der Waals surface area (Å²) in [5, 5.41) is 17.4. The Labute approximate surface area is 215 Å². The fourth-order valence-corrected chi connectivity index (χ4v) is 5.39. The molecule has 3 aromatic carbocycles. The van der Waals surface area contributed by atoms with E-state index in [4.69, 9.17) is 51.1 Å². The van der Waals surface area contributed by atoms with Gasteiger partial charge in [0, 0.05) is 27.6 Å². The number of aliphatic hydroxyl groups excluding tert-OH is 1. The number of rotatable bonds is 7. The number of carbonyl (C=O) groups is 1. The molecule has 34 heavy (non-hydrogen) atoms. The summed E-state index contributed by atoms with van der Waals surface area (Å²) in [6.07, 6.45) is -1.18. The van der Waals surface area contributed by atoms with Crippen molar-refractivity contribution < 1.29 is 19.0 Å². The lowest BCUT2D eigenvalue weighted by atomic mass is 10.1. The largest absolute Gasteiger partial charge is 0.494 e. The summed E-state index contributed by atoms with van der Waals surface area (Å²) >= 11 is 25.2. The van der Waals surface area contributed by atoms with Gasteiger partial charge in [0.2, 0.25) is 0 Å². The average molecular weight is 544 g/mol. The molecule has 1 amide bonds. The van der Waals surface area contributed by atoms with Crippen LogP contribution >= 0.6 is 46.4 Å². The van der Waals surface area contributed by atoms with Crippen molar-refractivity contribution in [3.63, 3.8) is 0 Å². The molecule has 178 valence electrons. The van der Waals surface area contributed by atoms with Crippen LogP contribution in [0.15, 0.2) is 60.7 Å². The van der Waals surface area contributed by atoms with E-state index in [1.54, 1.807) is 36.4 Å². The Hall–Kier alpha value is -2.22. The first-order valence-corrected chi connectivity index (χ1v) is 11.7. The van der Waals surface area contributed by atoms with E-state index in [-0.39, 0.29) is 11.3 Å². The number of hydrogen-bond donors (Lipinski definition) is 3. The van der Waals surface area contributed by atoms with Gasteiger partial charge in [-0.1, -0.05) is 29.3 Å². The van der Waals surface area contributed by atoms with Crippen LogP contribution in [-0.4, -0.2) is 28.7 Å². The molecule has 3 N–H and O–H groups in total. The lowest BCUT2D eigenvalue weighted by Gasteiger charge is -2.19. The van der Waals surface area contributed by atoms with Crippen LogP contribution in [0.2, 0.25) is 10.0 Å². The third-order valence-electron chi connectivity index (χ3n) is 5.56. The van der Waals surface area contributed by atoms with Crippen molar-refractivity contribution in [3.8, 4) is 5.75 Å². The van der Waals surface area contributed by atoms with Gasteiger partial charge in [-0.3, -0.25) is 4.79 Å². The number of aliphatic hydroxyl groups is 1. The van der Waals surface area contributed by atoms with Crippen LogP contribution in [0.25, 0.3) is 0 Å². The van der Waals surface area contributed by atoms with Crippen molar-refractivity contribution in [2.24, 2.45) is 5.92 Å². The fourth-order valence-electron chi connectivity index (χ4n) is 3.96. The number of benzene rings is 3. The number of nitrogens with one attached hydrogen (secondary N) is 2. The number of para-hydroxylation sites is 1.